The molecule has 0 unspecified atom stereocenters. The van der Waals surface area contributed by atoms with E-state index in [2.05, 4.69) is 0 Å². The number of aryl methyl sites for hydroxylation is 1. The molecule has 0 radical (unpaired) electrons. The molecule has 8 aromatic rings. The lowest BCUT2D eigenvalue weighted by atomic mass is 9.79. The Morgan fingerprint density at radius 1 is 0.588 bits per heavy atom. The van der Waals surface area contributed by atoms with Gasteiger partial charge in [0, 0.05) is 60.0 Å². The largest absolute Gasteiger partial charge is 0.507 e. The molecular weight excluding hydrogens is 827 g/mol. The summed E-state index contributed by atoms with van der Waals surface area (Å²) in [5.74, 6) is -2.50. The summed E-state index contributed by atoms with van der Waals surface area (Å²) in [6.45, 7) is -12.5. The predicted octanol–water partition coefficient (Wildman–Crippen LogP) is 17.5. The van der Waals surface area contributed by atoms with Gasteiger partial charge >= 0.3 is 0 Å². The van der Waals surface area contributed by atoms with Gasteiger partial charge in [0.2, 0.25) is 0 Å². The topological polar surface area (TPSA) is 50.9 Å². The Labute approximate surface area is 444 Å². The minimum absolute atomic E-state index is 0.00187. The second kappa shape index (κ2) is 17.4. The summed E-state index contributed by atoms with van der Waals surface area (Å²) in [6.07, 6.45) is -0.634. The van der Waals surface area contributed by atoms with Crippen molar-refractivity contribution in [2.75, 3.05) is 0 Å². The number of fused-ring (bicyclic) bond motifs is 1. The molecule has 8 rings (SSSR count). The number of rotatable bonds is 7. The van der Waals surface area contributed by atoms with Crippen LogP contribution < -0.4 is 0 Å². The zero-order valence-corrected chi connectivity index (χ0v) is 39.8. The molecule has 68 heavy (non-hydrogen) atoms. The lowest BCUT2D eigenvalue weighted by Crippen LogP contribution is -2.17. The van der Waals surface area contributed by atoms with Gasteiger partial charge in [-0.3, -0.25) is 9.55 Å². The summed E-state index contributed by atoms with van der Waals surface area (Å²) in [6, 6.07) is 25.9. The second-order valence-corrected chi connectivity index (χ2v) is 20.5. The predicted molar refractivity (Wildman–Crippen MR) is 290 cm³/mol. The summed E-state index contributed by atoms with van der Waals surface area (Å²) in [5.41, 5.74) is -12.4. The maximum absolute atomic E-state index is 13.3. The Kier molecular flexibility index (Phi) is 6.48. The number of imidazole rings is 1. The van der Waals surface area contributed by atoms with Crippen LogP contribution in [0.5, 0.6) is 5.75 Å². The fourth-order valence-corrected chi connectivity index (χ4v) is 8.28. The van der Waals surface area contributed by atoms with E-state index in [1.165, 1.54) is 35.0 Å². The number of nitrogens with zero attached hydrogens (tertiary/aromatic N) is 3. The minimum Gasteiger partial charge on any atom is -0.507 e. The van der Waals surface area contributed by atoms with Crippen LogP contribution in [0.15, 0.2) is 134 Å². The van der Waals surface area contributed by atoms with E-state index in [0.29, 0.717) is 27.8 Å². The highest BCUT2D eigenvalue weighted by Gasteiger charge is 2.30. The highest BCUT2D eigenvalue weighted by Crippen LogP contribution is 2.46. The number of phenolic OH excluding ortho intramolecular Hbond substituents is 1. The average molecular weight is 926 g/mol. The van der Waals surface area contributed by atoms with Crippen LogP contribution in [-0.4, -0.2) is 19.6 Å². The molecule has 0 fully saturated rings. The maximum Gasteiger partial charge on any atom is 0.149 e. The van der Waals surface area contributed by atoms with Crippen LogP contribution in [0.25, 0.3) is 72.7 Å². The zero-order chi connectivity index (χ0) is 71.2. The van der Waals surface area contributed by atoms with Crippen molar-refractivity contribution in [2.24, 2.45) is 5.41 Å². The molecule has 1 N–H and O–H groups in total. The highest BCUT2D eigenvalue weighted by molar-refractivity contribution is 5.98. The number of benzene rings is 6. The van der Waals surface area contributed by atoms with Crippen molar-refractivity contribution in [2.45, 2.75) is 138 Å². The van der Waals surface area contributed by atoms with E-state index >= 15 is 0 Å². The van der Waals surface area contributed by atoms with Crippen LogP contribution >= 0.6 is 0 Å². The Morgan fingerprint density at radius 3 is 1.99 bits per heavy atom. The van der Waals surface area contributed by atoms with E-state index in [9.17, 15) is 9.22 Å². The van der Waals surface area contributed by atoms with Gasteiger partial charge in [-0.05, 0) is 139 Å². The fraction of sp³-hybridized carbons (Fsp3) is 0.344. The zero-order valence-electron chi connectivity index (χ0n) is 65.8. The van der Waals surface area contributed by atoms with Crippen molar-refractivity contribution in [3.05, 3.63) is 167 Å². The third-order valence-corrected chi connectivity index (χ3v) is 11.7. The third-order valence-electron chi connectivity index (χ3n) is 11.7. The molecule has 0 atom stereocenters. The van der Waals surface area contributed by atoms with E-state index in [0.717, 1.165) is 5.56 Å². The quantitative estimate of drug-likeness (QED) is 0.173. The third kappa shape index (κ3) is 9.84. The van der Waals surface area contributed by atoms with Crippen molar-refractivity contribution in [3.8, 4) is 67.5 Å². The van der Waals surface area contributed by atoms with Gasteiger partial charge in [-0.15, -0.1) is 0 Å². The van der Waals surface area contributed by atoms with Crippen LogP contribution in [0.3, 0.4) is 0 Å². The standard InChI is InChI=1S/C64H73N3O/c1-40-31-41(39-60(2,3)4)25-27-49(40)43-29-30-65-54(35-43)45-32-44(33-47(34-45)62(8,9)10)50-23-20-24-56-57(50)66-59(52-37-48(63(11,12)13)38-53(58(52)68)64(14,15)16)67(56)55-28-26-46(61(5,6)7)36-51(55)42-21-18-17-19-22-42/h17-38,68H,39H2,1-16H3/i1D3,11D3,12D3,13D3,14D3,15D3,16D3,27D,37D,38D,39D2. The van der Waals surface area contributed by atoms with Gasteiger partial charge in [0.1, 0.15) is 11.6 Å². The van der Waals surface area contributed by atoms with Gasteiger partial charge in [-0.25, -0.2) is 4.98 Å². The molecule has 0 saturated carbocycles. The first-order valence-electron chi connectivity index (χ1n) is 35.3. The van der Waals surface area contributed by atoms with Crippen LogP contribution in [0.2, 0.25) is 0 Å². The fourth-order valence-electron chi connectivity index (χ4n) is 8.28. The summed E-state index contributed by atoms with van der Waals surface area (Å²) >= 11 is 0. The Balaban J connectivity index is 1.62. The summed E-state index contributed by atoms with van der Waals surface area (Å²) < 4.78 is 234. The molecule has 0 saturated heterocycles. The van der Waals surface area contributed by atoms with Crippen LogP contribution in [0.4, 0.5) is 0 Å². The van der Waals surface area contributed by atoms with E-state index in [1.807, 2.05) is 59.7 Å². The SMILES string of the molecule is [2H]c1cc(C([2H])([2H])C(C)(C)C)cc(C([2H])([2H])[2H])c1-c1ccnc(-c2cc(-c3cccc4c3nc(-c3c([2H])c(C(C([2H])([2H])[2H])(C([2H])([2H])[2H])C([2H])([2H])[2H])c([2H])c(C(C([2H])([2H])[2H])(C([2H])([2H])[2H])C([2H])([2H])[2H])c3O)n4-c3ccc(C(C)(C)C)cc3-c3ccccc3)cc(C(C)(C)C)c2)c1. The number of aromatic hydroxyl groups is 1. The van der Waals surface area contributed by atoms with Gasteiger partial charge in [-0.1, -0.05) is 182 Å². The van der Waals surface area contributed by atoms with E-state index in [4.69, 9.17) is 41.5 Å². The molecule has 0 aliphatic rings. The van der Waals surface area contributed by atoms with Crippen molar-refractivity contribution < 1.29 is 40.7 Å². The van der Waals surface area contributed by atoms with Gasteiger partial charge in [0.25, 0.3) is 0 Å². The Bertz CT molecular complexity index is 4090. The maximum atomic E-state index is 13.3. The molecule has 2 aromatic heterocycles. The molecular formula is C64H73N3O. The first-order valence-corrected chi connectivity index (χ1v) is 22.3. The minimum atomic E-state index is -4.49. The van der Waals surface area contributed by atoms with Crippen molar-refractivity contribution >= 4 is 11.0 Å². The van der Waals surface area contributed by atoms with Crippen molar-refractivity contribution in [3.63, 3.8) is 0 Å². The molecule has 4 nitrogen and oxygen atoms in total. The molecule has 0 amide bonds. The summed E-state index contributed by atoms with van der Waals surface area (Å²) in [5, 5.41) is 13.3. The Morgan fingerprint density at radius 2 is 1.31 bits per heavy atom. The number of hydrogen-bond donors (Lipinski definition) is 1. The smallest absolute Gasteiger partial charge is 0.149 e. The van der Waals surface area contributed by atoms with Crippen molar-refractivity contribution in [1.82, 2.24) is 14.5 Å². The number of aromatic nitrogens is 3. The van der Waals surface area contributed by atoms with Crippen LogP contribution in [-0.2, 0) is 28.0 Å². The van der Waals surface area contributed by atoms with Gasteiger partial charge < -0.3 is 5.11 Å². The molecule has 4 heteroatoms. The normalized spacial score (nSPS) is 20.0. The van der Waals surface area contributed by atoms with Crippen LogP contribution in [0.1, 0.15) is 172 Å². The summed E-state index contributed by atoms with van der Waals surface area (Å²) in [7, 11) is 0. The monoisotopic (exact) mass is 926 g/mol. The number of pyridine rings is 1. The van der Waals surface area contributed by atoms with Crippen molar-refractivity contribution in [1.29, 1.82) is 0 Å². The van der Waals surface area contributed by atoms with Crippen LogP contribution in [0, 0.1) is 12.3 Å². The highest BCUT2D eigenvalue weighted by atomic mass is 16.3. The second-order valence-electron chi connectivity index (χ2n) is 20.5. The average Bonchev–Trinajstić information content (AvgIpc) is 0.767. The molecule has 0 aliphatic carbocycles. The number of para-hydroxylation sites is 1. The van der Waals surface area contributed by atoms with Gasteiger partial charge in [-0.2, -0.15) is 0 Å². The molecule has 0 spiro atoms. The molecule has 0 aliphatic heterocycles. The molecule has 6 aromatic carbocycles. The van der Waals surface area contributed by atoms with Gasteiger partial charge in [0.15, 0.2) is 0 Å². The molecule has 0 bridgehead atoms. The first kappa shape index (κ1) is 25.4. The van der Waals surface area contributed by atoms with Gasteiger partial charge in [0.05, 0.1) is 32.1 Å². The Hall–Kier alpha value is -6.26. The number of phenols is 1. The lowest BCUT2D eigenvalue weighted by molar-refractivity contribution is 0.411. The van der Waals surface area contributed by atoms with E-state index in [-0.39, 0.29) is 56.3 Å². The lowest BCUT2D eigenvalue weighted by Gasteiger charge is -2.28. The first-order chi connectivity index (χ1) is 42.4. The van der Waals surface area contributed by atoms with E-state index in [1.54, 1.807) is 87.5 Å². The summed E-state index contributed by atoms with van der Waals surface area (Å²) in [4.78, 5) is 9.83. The molecule has 350 valence electrons. The number of hydrogen-bond acceptors (Lipinski definition) is 3. The molecule has 2 heterocycles. The van der Waals surface area contributed by atoms with E-state index < -0.39 is 122 Å².